The van der Waals surface area contributed by atoms with Gasteiger partial charge in [-0.3, -0.25) is 19.3 Å². The third-order valence-corrected chi connectivity index (χ3v) is 9.85. The van der Waals surface area contributed by atoms with E-state index >= 15 is 0 Å². The van der Waals surface area contributed by atoms with Gasteiger partial charge in [-0.05, 0) is 32.1 Å². The van der Waals surface area contributed by atoms with Crippen LogP contribution in [0.5, 0.6) is 0 Å². The number of likely N-dealkylation sites (N-methyl/N-ethyl adjacent to an activating group) is 1. The SMILES string of the molecule is C=CCN(C)C(=O)[C@H]1[C@H]2C(=O)N(CCCCCCO)C(C(=O)N(CC=C)CCN3CCOCC3)C23CC(C)[C@]1(C)O3. The summed E-state index contributed by atoms with van der Waals surface area (Å²) >= 11 is 0. The highest BCUT2D eigenvalue weighted by atomic mass is 16.5. The molecule has 1 spiro atoms. The van der Waals surface area contributed by atoms with E-state index in [1.165, 1.54) is 0 Å². The van der Waals surface area contributed by atoms with Gasteiger partial charge in [0.25, 0.3) is 0 Å². The molecule has 10 nitrogen and oxygen atoms in total. The number of ether oxygens (including phenoxy) is 2. The first-order valence-corrected chi connectivity index (χ1v) is 15.3. The predicted molar refractivity (Wildman–Crippen MR) is 156 cm³/mol. The molecule has 4 heterocycles. The van der Waals surface area contributed by atoms with E-state index in [0.29, 0.717) is 58.8 Å². The number of unbranched alkanes of at least 4 members (excludes halogenated alkanes) is 3. The van der Waals surface area contributed by atoms with E-state index in [2.05, 4.69) is 25.0 Å². The molecule has 6 atom stereocenters. The lowest BCUT2D eigenvalue weighted by molar-refractivity contribution is -0.154. The molecular formula is C31H50N4O6. The van der Waals surface area contributed by atoms with Gasteiger partial charge in [0.15, 0.2) is 0 Å². The Morgan fingerprint density at radius 3 is 2.41 bits per heavy atom. The fourth-order valence-electron chi connectivity index (χ4n) is 7.61. The summed E-state index contributed by atoms with van der Waals surface area (Å²) in [5.74, 6) is -1.80. The molecule has 0 aromatic carbocycles. The minimum atomic E-state index is -1.05. The lowest BCUT2D eigenvalue weighted by Crippen LogP contribution is -2.57. The maximum Gasteiger partial charge on any atom is 0.248 e. The highest BCUT2D eigenvalue weighted by molar-refractivity contribution is 5.99. The van der Waals surface area contributed by atoms with Gasteiger partial charge < -0.3 is 29.3 Å². The van der Waals surface area contributed by atoms with E-state index in [0.717, 1.165) is 32.4 Å². The Balaban J connectivity index is 1.66. The quantitative estimate of drug-likeness (QED) is 0.234. The van der Waals surface area contributed by atoms with Gasteiger partial charge in [-0.2, -0.15) is 0 Å². The van der Waals surface area contributed by atoms with Crippen molar-refractivity contribution in [1.29, 1.82) is 0 Å². The first-order valence-electron chi connectivity index (χ1n) is 15.3. The number of fused-ring (bicyclic) bond motifs is 1. The molecule has 0 radical (unpaired) electrons. The topological polar surface area (TPSA) is 103 Å². The van der Waals surface area contributed by atoms with Gasteiger partial charge in [0, 0.05) is 59.5 Å². The number of rotatable bonds is 15. The first kappa shape index (κ1) is 31.7. The normalized spacial score (nSPS) is 32.7. The zero-order valence-corrected chi connectivity index (χ0v) is 25.3. The van der Waals surface area contributed by atoms with Crippen molar-refractivity contribution in [2.75, 3.05) is 72.7 Å². The van der Waals surface area contributed by atoms with Crippen LogP contribution in [0.3, 0.4) is 0 Å². The minimum Gasteiger partial charge on any atom is -0.396 e. The van der Waals surface area contributed by atoms with E-state index in [1.807, 2.05) is 6.92 Å². The van der Waals surface area contributed by atoms with Crippen LogP contribution in [0.15, 0.2) is 25.3 Å². The van der Waals surface area contributed by atoms with E-state index in [1.54, 1.807) is 33.9 Å². The van der Waals surface area contributed by atoms with Crippen LogP contribution in [0.2, 0.25) is 0 Å². The summed E-state index contributed by atoms with van der Waals surface area (Å²) < 4.78 is 12.4. The van der Waals surface area contributed by atoms with Crippen LogP contribution in [-0.2, 0) is 23.9 Å². The van der Waals surface area contributed by atoms with Crippen molar-refractivity contribution < 1.29 is 29.0 Å². The largest absolute Gasteiger partial charge is 0.396 e. The third-order valence-electron chi connectivity index (χ3n) is 9.85. The molecule has 0 aliphatic carbocycles. The zero-order chi connectivity index (χ0) is 29.8. The second-order valence-corrected chi connectivity index (χ2v) is 12.4. The maximum absolute atomic E-state index is 14.6. The van der Waals surface area contributed by atoms with Gasteiger partial charge in [-0.25, -0.2) is 0 Å². The van der Waals surface area contributed by atoms with Gasteiger partial charge in [0.2, 0.25) is 17.7 Å². The molecule has 0 saturated carbocycles. The number of aliphatic hydroxyl groups is 1. The smallest absolute Gasteiger partial charge is 0.248 e. The molecule has 1 N–H and O–H groups in total. The van der Waals surface area contributed by atoms with Crippen molar-refractivity contribution in [3.05, 3.63) is 25.3 Å². The van der Waals surface area contributed by atoms with E-state index < -0.39 is 29.1 Å². The number of amides is 3. The molecule has 4 aliphatic rings. The summed E-state index contributed by atoms with van der Waals surface area (Å²) in [4.78, 5) is 50.2. The van der Waals surface area contributed by atoms with Crippen LogP contribution in [0.1, 0.15) is 46.0 Å². The lowest BCUT2D eigenvalue weighted by atomic mass is 9.62. The minimum absolute atomic E-state index is 0.00126. The van der Waals surface area contributed by atoms with Gasteiger partial charge >= 0.3 is 0 Å². The Hall–Kier alpha value is -2.27. The summed E-state index contributed by atoms with van der Waals surface area (Å²) in [6.07, 6.45) is 7.09. The second-order valence-electron chi connectivity index (χ2n) is 12.4. The standard InChI is InChI=1S/C31H50N4O6/c1-6-12-32(5)27(37)24-25-28(38)35(14-10-8-9-11-19-36)26(31(25)22-23(3)30(24,4)41-31)29(39)34(13-7-2)16-15-33-17-20-40-21-18-33/h6-7,23-26,36H,1-2,8-22H2,3-5H3/t23?,24-,25+,26?,30+,31?/m1/s1. The van der Waals surface area contributed by atoms with Crippen LogP contribution in [0.4, 0.5) is 0 Å². The number of aliphatic hydroxyl groups excluding tert-OH is 1. The molecule has 230 valence electrons. The molecule has 41 heavy (non-hydrogen) atoms. The number of hydrogen-bond donors (Lipinski definition) is 1. The average Bonchev–Trinajstić information content (AvgIpc) is 3.47. The summed E-state index contributed by atoms with van der Waals surface area (Å²) in [7, 11) is 1.73. The summed E-state index contributed by atoms with van der Waals surface area (Å²) in [5.41, 5.74) is -1.89. The second kappa shape index (κ2) is 13.4. The Morgan fingerprint density at radius 1 is 1.07 bits per heavy atom. The van der Waals surface area contributed by atoms with Crippen LogP contribution in [0.25, 0.3) is 0 Å². The van der Waals surface area contributed by atoms with Crippen molar-refractivity contribution >= 4 is 17.7 Å². The van der Waals surface area contributed by atoms with E-state index in [9.17, 15) is 19.5 Å². The number of carbonyl (C=O) groups excluding carboxylic acids is 3. The molecule has 4 fully saturated rings. The maximum atomic E-state index is 14.6. The van der Waals surface area contributed by atoms with Crippen LogP contribution in [0, 0.1) is 17.8 Å². The summed E-state index contributed by atoms with van der Waals surface area (Å²) in [5, 5.41) is 9.19. The molecule has 4 saturated heterocycles. The van der Waals surface area contributed by atoms with Gasteiger partial charge in [0.1, 0.15) is 11.6 Å². The van der Waals surface area contributed by atoms with Crippen molar-refractivity contribution in [2.24, 2.45) is 17.8 Å². The van der Waals surface area contributed by atoms with Gasteiger partial charge in [-0.1, -0.05) is 31.9 Å². The van der Waals surface area contributed by atoms with Crippen molar-refractivity contribution in [2.45, 2.75) is 63.2 Å². The number of morpholine rings is 1. The highest BCUT2D eigenvalue weighted by Gasteiger charge is 2.80. The fourth-order valence-corrected chi connectivity index (χ4v) is 7.61. The molecule has 10 heteroatoms. The zero-order valence-electron chi connectivity index (χ0n) is 25.3. The van der Waals surface area contributed by atoms with Gasteiger partial charge in [-0.15, -0.1) is 13.2 Å². The molecule has 3 amide bonds. The Bertz CT molecular complexity index is 986. The predicted octanol–water partition coefficient (Wildman–Crippen LogP) is 1.54. The van der Waals surface area contributed by atoms with E-state index in [4.69, 9.17) is 9.47 Å². The van der Waals surface area contributed by atoms with Crippen LogP contribution in [-0.4, -0.2) is 132 Å². The summed E-state index contributed by atoms with van der Waals surface area (Å²) in [6.45, 7) is 17.2. The molecule has 2 bridgehead atoms. The van der Waals surface area contributed by atoms with Gasteiger partial charge in [0.05, 0.1) is 30.7 Å². The molecular weight excluding hydrogens is 524 g/mol. The molecule has 0 aromatic rings. The number of hydrogen-bond acceptors (Lipinski definition) is 7. The molecule has 0 aromatic heterocycles. The van der Waals surface area contributed by atoms with E-state index in [-0.39, 0.29) is 30.2 Å². The number of carbonyl (C=O) groups is 3. The first-order chi connectivity index (χ1) is 19.7. The highest BCUT2D eigenvalue weighted by Crippen LogP contribution is 2.65. The Kier molecular flexibility index (Phi) is 10.3. The van der Waals surface area contributed by atoms with Crippen LogP contribution < -0.4 is 0 Å². The Morgan fingerprint density at radius 2 is 1.76 bits per heavy atom. The third kappa shape index (κ3) is 5.85. The molecule has 4 rings (SSSR count). The van der Waals surface area contributed by atoms with Crippen molar-refractivity contribution in [3.63, 3.8) is 0 Å². The van der Waals surface area contributed by atoms with Crippen molar-refractivity contribution in [3.8, 4) is 0 Å². The number of nitrogens with zero attached hydrogens (tertiary/aromatic N) is 4. The lowest BCUT2D eigenvalue weighted by Gasteiger charge is -2.38. The number of likely N-dealkylation sites (tertiary alicyclic amines) is 1. The fraction of sp³-hybridized carbons (Fsp3) is 0.774. The van der Waals surface area contributed by atoms with Crippen molar-refractivity contribution in [1.82, 2.24) is 19.6 Å². The van der Waals surface area contributed by atoms with Crippen LogP contribution >= 0.6 is 0 Å². The average molecular weight is 575 g/mol. The Labute approximate surface area is 245 Å². The molecule has 3 unspecified atom stereocenters. The summed E-state index contributed by atoms with van der Waals surface area (Å²) in [6, 6.07) is -0.797. The monoisotopic (exact) mass is 574 g/mol. The molecule has 4 aliphatic heterocycles.